The number of nitrogens with zero attached hydrogens (tertiary/aromatic N) is 2. The molecule has 8 aromatic carbocycles. The standard InChI is InChI=1S/C117H154N2O2/c1-9-17-25-33-41-52-74-114(75-53-42-34-26-18-10-2)97-72-73-104-107(92-62-46-49-65-102(92)120-104)106(97)95-86-100-94(85-101(95)114)89-70-68-87(83-98(89)115(100,76-54-43-35-27-19-11-3)77-55-44-36-28-20-12-4)119(105-67-51-60-82-118-105)88-69-71-91-99(84-88)117(80-58-39-31-23-15-7,81-59-40-32-24-16-8)112-110(91)113-109(93-63-47-50-66-103(93)121-113)108-90-61-45-48-64-96(90)116(111(108)112,78-56-37-29-21-13-5)79-57-38-30-22-14-6/h45-51,60-73,82-86H,9-44,52-59,74-81H2,1-8H3. The third-order valence-electron chi connectivity index (χ3n) is 30.7. The zero-order valence-corrected chi connectivity index (χ0v) is 77.0. The molecule has 3 heterocycles. The summed E-state index contributed by atoms with van der Waals surface area (Å²) < 4.78 is 14.8. The minimum Gasteiger partial charge on any atom is -0.456 e. The smallest absolute Gasteiger partial charge is 0.144 e. The molecule has 4 nitrogen and oxygen atoms in total. The van der Waals surface area contributed by atoms with Crippen LogP contribution in [0.4, 0.5) is 17.2 Å². The number of furan rings is 2. The third kappa shape index (κ3) is 17.9. The number of anilines is 3. The molecule has 3 aromatic heterocycles. The first kappa shape index (κ1) is 88.2. The van der Waals surface area contributed by atoms with Crippen molar-refractivity contribution >= 4 is 61.1 Å². The molecule has 0 atom stereocenters. The van der Waals surface area contributed by atoms with Gasteiger partial charge in [-0.25, -0.2) is 4.98 Å². The summed E-state index contributed by atoms with van der Waals surface area (Å²) in [5.41, 5.74) is 30.4. The molecule has 0 bridgehead atoms. The lowest BCUT2D eigenvalue weighted by Crippen LogP contribution is -2.33. The molecule has 0 N–H and O–H groups in total. The van der Waals surface area contributed by atoms with Crippen LogP contribution in [0.5, 0.6) is 0 Å². The summed E-state index contributed by atoms with van der Waals surface area (Å²) in [6, 6.07) is 61.6. The zero-order chi connectivity index (χ0) is 83.4. The van der Waals surface area contributed by atoms with Crippen LogP contribution < -0.4 is 4.90 Å². The molecule has 121 heavy (non-hydrogen) atoms. The summed E-state index contributed by atoms with van der Waals surface area (Å²) in [5.74, 6) is 0.984. The summed E-state index contributed by atoms with van der Waals surface area (Å²) >= 11 is 0. The molecule has 15 rings (SSSR count). The molecule has 0 aliphatic heterocycles. The molecule has 0 amide bonds. The summed E-state index contributed by atoms with van der Waals surface area (Å²) in [7, 11) is 0. The lowest BCUT2D eigenvalue weighted by molar-refractivity contribution is 0.369. The van der Waals surface area contributed by atoms with Crippen molar-refractivity contribution in [2.75, 3.05) is 4.90 Å². The van der Waals surface area contributed by atoms with Crippen LogP contribution in [0.15, 0.2) is 167 Å². The molecule has 0 unspecified atom stereocenters. The summed E-state index contributed by atoms with van der Waals surface area (Å²) in [5, 5.41) is 5.23. The van der Waals surface area contributed by atoms with Gasteiger partial charge in [0.2, 0.25) is 0 Å². The van der Waals surface area contributed by atoms with E-state index in [1.807, 2.05) is 0 Å². The Bertz CT molecular complexity index is 5090. The number of hydrogen-bond donors (Lipinski definition) is 0. The Kier molecular flexibility index (Phi) is 30.8. The Morgan fingerprint density at radius 2 is 0.612 bits per heavy atom. The lowest BCUT2D eigenvalue weighted by Gasteiger charge is -2.40. The van der Waals surface area contributed by atoms with Gasteiger partial charge in [0.05, 0.1) is 0 Å². The highest BCUT2D eigenvalue weighted by Crippen LogP contribution is 2.69. The van der Waals surface area contributed by atoms with E-state index in [0.29, 0.717) is 0 Å². The average molecular weight is 1620 g/mol. The number of aromatic nitrogens is 1. The average Bonchev–Trinajstić information content (AvgIpc) is 1.49. The third-order valence-corrected chi connectivity index (χ3v) is 30.7. The van der Waals surface area contributed by atoms with Gasteiger partial charge in [-0.2, -0.15) is 0 Å². The van der Waals surface area contributed by atoms with Gasteiger partial charge >= 0.3 is 0 Å². The summed E-state index contributed by atoms with van der Waals surface area (Å²) in [4.78, 5) is 8.21. The van der Waals surface area contributed by atoms with E-state index in [2.05, 4.69) is 218 Å². The minimum atomic E-state index is -0.278. The second kappa shape index (κ2) is 42.3. The van der Waals surface area contributed by atoms with E-state index in [1.54, 1.807) is 38.9 Å². The number of pyridine rings is 1. The molecule has 644 valence electrons. The minimum absolute atomic E-state index is 0.112. The fourth-order valence-corrected chi connectivity index (χ4v) is 24.5. The van der Waals surface area contributed by atoms with Crippen molar-refractivity contribution in [1.29, 1.82) is 0 Å². The van der Waals surface area contributed by atoms with Crippen molar-refractivity contribution in [3.63, 3.8) is 0 Å². The lowest BCUT2D eigenvalue weighted by atomic mass is 9.62. The van der Waals surface area contributed by atoms with Gasteiger partial charge in [-0.05, 0) is 202 Å². The van der Waals surface area contributed by atoms with E-state index >= 15 is 0 Å². The van der Waals surface area contributed by atoms with Crippen LogP contribution in [0.2, 0.25) is 0 Å². The highest BCUT2D eigenvalue weighted by molar-refractivity contribution is 6.21. The Morgan fingerprint density at radius 1 is 0.248 bits per heavy atom. The Morgan fingerprint density at radius 3 is 1.10 bits per heavy atom. The van der Waals surface area contributed by atoms with Crippen molar-refractivity contribution in [3.8, 4) is 44.5 Å². The van der Waals surface area contributed by atoms with Crippen LogP contribution in [0, 0.1) is 0 Å². The maximum absolute atomic E-state index is 7.76. The van der Waals surface area contributed by atoms with Gasteiger partial charge < -0.3 is 8.83 Å². The normalized spacial score (nSPS) is 14.6. The Hall–Kier alpha value is -7.69. The van der Waals surface area contributed by atoms with Crippen LogP contribution in [0.3, 0.4) is 0 Å². The maximum atomic E-state index is 7.76. The largest absolute Gasteiger partial charge is 0.456 e. The molecule has 4 aliphatic rings. The fourth-order valence-electron chi connectivity index (χ4n) is 24.5. The first-order valence-corrected chi connectivity index (χ1v) is 51.0. The van der Waals surface area contributed by atoms with Crippen LogP contribution in [0.1, 0.15) is 434 Å². The molecular formula is C117H154N2O2. The SMILES string of the molecule is CCCCCCCCC1(CCCCCCCC)c2cc(N(c3ccc4c(c3)C(CCCCCCC)(CCCCCCC)c3c5c(c6c(oc7ccccc76)c3-4)-c3ccccc3C5(CCCCCCC)CCCCCCC)c3ccccn3)ccc2-c2cc3c(cc21)-c1c(ccc2oc4ccccc4c12)C3(CCCCCCCC)CCCCCCCC. The first-order chi connectivity index (χ1) is 59.7. The molecule has 0 fully saturated rings. The number of rotatable bonds is 55. The molecule has 0 radical (unpaired) electrons. The molecule has 11 aromatic rings. The van der Waals surface area contributed by atoms with Crippen LogP contribution in [-0.4, -0.2) is 4.98 Å². The number of fused-ring (bicyclic) bond motifs is 22. The monoisotopic (exact) mass is 1620 g/mol. The molecule has 0 saturated heterocycles. The van der Waals surface area contributed by atoms with Gasteiger partial charge in [0, 0.05) is 66.3 Å². The van der Waals surface area contributed by atoms with Crippen molar-refractivity contribution in [2.45, 2.75) is 411 Å². The highest BCUT2D eigenvalue weighted by atomic mass is 16.3. The molecule has 0 spiro atoms. The van der Waals surface area contributed by atoms with Crippen molar-refractivity contribution in [1.82, 2.24) is 4.98 Å². The highest BCUT2D eigenvalue weighted by Gasteiger charge is 2.55. The predicted octanol–water partition coefficient (Wildman–Crippen LogP) is 37.9. The van der Waals surface area contributed by atoms with Gasteiger partial charge in [-0.15, -0.1) is 0 Å². The second-order valence-corrected chi connectivity index (χ2v) is 38.8. The van der Waals surface area contributed by atoms with Crippen molar-refractivity contribution in [2.24, 2.45) is 0 Å². The number of para-hydroxylation sites is 2. The topological polar surface area (TPSA) is 42.4 Å². The predicted molar refractivity (Wildman–Crippen MR) is 524 cm³/mol. The van der Waals surface area contributed by atoms with Gasteiger partial charge in [-0.3, -0.25) is 4.90 Å². The van der Waals surface area contributed by atoms with E-state index in [0.717, 1.165) is 53.8 Å². The van der Waals surface area contributed by atoms with Gasteiger partial charge in [0.25, 0.3) is 0 Å². The van der Waals surface area contributed by atoms with E-state index < -0.39 is 0 Å². The summed E-state index contributed by atoms with van der Waals surface area (Å²) in [6.45, 7) is 19.1. The molecule has 0 saturated carbocycles. The zero-order valence-electron chi connectivity index (χ0n) is 77.0. The Labute approximate surface area is 732 Å². The van der Waals surface area contributed by atoms with Crippen molar-refractivity contribution < 1.29 is 8.83 Å². The molecular weight excluding hydrogens is 1470 g/mol. The number of unbranched alkanes of at least 4 members (excludes halogenated alkanes) is 36. The van der Waals surface area contributed by atoms with Crippen LogP contribution in [-0.2, 0) is 21.7 Å². The fraction of sp³-hybridized carbons (Fsp3) is 0.547. The van der Waals surface area contributed by atoms with Gasteiger partial charge in [0.1, 0.15) is 28.1 Å². The number of hydrogen-bond acceptors (Lipinski definition) is 4. The van der Waals surface area contributed by atoms with Gasteiger partial charge in [0.15, 0.2) is 0 Å². The van der Waals surface area contributed by atoms with Crippen LogP contribution in [0.25, 0.3) is 88.4 Å². The molecule has 4 heteroatoms. The summed E-state index contributed by atoms with van der Waals surface area (Å²) in [6.07, 6.45) is 67.6. The van der Waals surface area contributed by atoms with E-state index in [9.17, 15) is 0 Å². The van der Waals surface area contributed by atoms with E-state index in [4.69, 9.17) is 13.8 Å². The maximum Gasteiger partial charge on any atom is 0.144 e. The van der Waals surface area contributed by atoms with Crippen LogP contribution >= 0.6 is 0 Å². The van der Waals surface area contributed by atoms with E-state index in [1.165, 1.54) is 391 Å². The quantitative estimate of drug-likeness (QED) is 0.0356. The van der Waals surface area contributed by atoms with Gasteiger partial charge in [-0.1, -0.05) is 423 Å². The van der Waals surface area contributed by atoms with E-state index in [-0.39, 0.29) is 21.7 Å². The second-order valence-electron chi connectivity index (χ2n) is 38.8. The first-order valence-electron chi connectivity index (χ1n) is 51.0. The molecule has 4 aliphatic carbocycles. The number of benzene rings is 8. The van der Waals surface area contributed by atoms with Crippen molar-refractivity contribution in [3.05, 3.63) is 202 Å². The Balaban J connectivity index is 0.970.